The largest absolute Gasteiger partial charge is 0.403 e. The molecule has 0 spiro atoms. The molecule has 0 atom stereocenters. The normalized spacial score (nSPS) is 10.5. The van der Waals surface area contributed by atoms with Gasteiger partial charge in [-0.1, -0.05) is 53.6 Å². The van der Waals surface area contributed by atoms with Crippen LogP contribution in [-0.2, 0) is 6.42 Å². The maximum atomic E-state index is 5.59. The van der Waals surface area contributed by atoms with Crippen molar-refractivity contribution in [3.05, 3.63) is 66.2 Å². The van der Waals surface area contributed by atoms with E-state index >= 15 is 0 Å². The Morgan fingerprint density at radius 2 is 1.57 bits per heavy atom. The fourth-order valence-electron chi connectivity index (χ4n) is 2.12. The van der Waals surface area contributed by atoms with Gasteiger partial charge in [0.05, 0.1) is 0 Å². The fraction of sp³-hybridized carbons (Fsp3) is 0.176. The zero-order valence-electron chi connectivity index (χ0n) is 11.7. The van der Waals surface area contributed by atoms with Gasteiger partial charge in [0.2, 0.25) is 5.89 Å². The Morgan fingerprint density at radius 3 is 2.33 bits per heavy atom. The number of nitrogens with one attached hydrogen (secondary N) is 1. The van der Waals surface area contributed by atoms with E-state index in [4.69, 9.17) is 4.42 Å². The minimum absolute atomic E-state index is 0.474. The summed E-state index contributed by atoms with van der Waals surface area (Å²) in [6.07, 6.45) is 2.06. The van der Waals surface area contributed by atoms with Crippen LogP contribution in [0.25, 0.3) is 11.5 Å². The first kappa shape index (κ1) is 13.4. The Bertz CT molecular complexity index is 665. The van der Waals surface area contributed by atoms with Gasteiger partial charge >= 0.3 is 6.01 Å². The van der Waals surface area contributed by atoms with Crippen LogP contribution in [-0.4, -0.2) is 16.7 Å². The van der Waals surface area contributed by atoms with E-state index in [1.165, 1.54) is 5.56 Å². The van der Waals surface area contributed by atoms with E-state index < -0.39 is 0 Å². The summed E-state index contributed by atoms with van der Waals surface area (Å²) >= 11 is 0. The predicted octanol–water partition coefficient (Wildman–Crippen LogP) is 3.78. The lowest BCUT2D eigenvalue weighted by molar-refractivity contribution is 0.579. The predicted molar refractivity (Wildman–Crippen MR) is 83.0 cm³/mol. The molecule has 0 fully saturated rings. The van der Waals surface area contributed by atoms with Crippen LogP contribution in [0.3, 0.4) is 0 Å². The van der Waals surface area contributed by atoms with Gasteiger partial charge in [-0.2, -0.15) is 0 Å². The SMILES string of the molecule is c1ccc(CCCNc2nnc(-c3ccccc3)o2)cc1. The summed E-state index contributed by atoms with van der Waals surface area (Å²) in [5.74, 6) is 0.543. The highest BCUT2D eigenvalue weighted by Gasteiger charge is 2.06. The molecule has 0 aliphatic heterocycles. The zero-order valence-corrected chi connectivity index (χ0v) is 11.7. The number of aryl methyl sites for hydroxylation is 1. The van der Waals surface area contributed by atoms with Gasteiger partial charge in [-0.3, -0.25) is 0 Å². The smallest absolute Gasteiger partial charge is 0.315 e. The molecule has 1 heterocycles. The van der Waals surface area contributed by atoms with Crippen molar-refractivity contribution in [2.75, 3.05) is 11.9 Å². The van der Waals surface area contributed by atoms with Crippen LogP contribution in [0.15, 0.2) is 65.1 Å². The van der Waals surface area contributed by atoms with Gasteiger partial charge in [-0.05, 0) is 30.5 Å². The number of benzene rings is 2. The quantitative estimate of drug-likeness (QED) is 0.698. The maximum Gasteiger partial charge on any atom is 0.315 e. The van der Waals surface area contributed by atoms with Crippen molar-refractivity contribution >= 4 is 6.01 Å². The highest BCUT2D eigenvalue weighted by molar-refractivity contribution is 5.52. The Kier molecular flexibility index (Phi) is 4.27. The van der Waals surface area contributed by atoms with Crippen LogP contribution < -0.4 is 5.32 Å². The van der Waals surface area contributed by atoms with E-state index in [9.17, 15) is 0 Å². The number of anilines is 1. The van der Waals surface area contributed by atoms with Crippen LogP contribution >= 0.6 is 0 Å². The summed E-state index contributed by atoms with van der Waals surface area (Å²) < 4.78 is 5.59. The molecule has 3 aromatic rings. The minimum atomic E-state index is 0.474. The average Bonchev–Trinajstić information content (AvgIpc) is 3.02. The molecule has 0 saturated heterocycles. The van der Waals surface area contributed by atoms with E-state index in [0.717, 1.165) is 24.9 Å². The first-order chi connectivity index (χ1) is 10.4. The Morgan fingerprint density at radius 1 is 0.857 bits per heavy atom. The highest BCUT2D eigenvalue weighted by Crippen LogP contribution is 2.18. The topological polar surface area (TPSA) is 51.0 Å². The molecule has 0 bridgehead atoms. The van der Waals surface area contributed by atoms with Crippen LogP contribution in [0.2, 0.25) is 0 Å². The van der Waals surface area contributed by atoms with E-state index in [1.807, 2.05) is 36.4 Å². The van der Waals surface area contributed by atoms with Crippen LogP contribution in [0, 0.1) is 0 Å². The van der Waals surface area contributed by atoms with Gasteiger partial charge in [0.15, 0.2) is 0 Å². The number of nitrogens with zero attached hydrogens (tertiary/aromatic N) is 2. The summed E-state index contributed by atoms with van der Waals surface area (Å²) in [7, 11) is 0. The average molecular weight is 279 g/mol. The molecule has 21 heavy (non-hydrogen) atoms. The third-order valence-corrected chi connectivity index (χ3v) is 3.21. The van der Waals surface area contributed by atoms with Crippen molar-refractivity contribution in [3.63, 3.8) is 0 Å². The molecular formula is C17H17N3O. The standard InChI is InChI=1S/C17H17N3O/c1-3-8-14(9-4-1)10-7-13-18-17-20-19-16(21-17)15-11-5-2-6-12-15/h1-6,8-9,11-12H,7,10,13H2,(H,18,20). The molecule has 0 aliphatic rings. The first-order valence-electron chi connectivity index (χ1n) is 7.08. The summed E-state index contributed by atoms with van der Waals surface area (Å²) in [4.78, 5) is 0. The Balaban J connectivity index is 1.49. The number of hydrogen-bond donors (Lipinski definition) is 1. The second-order valence-corrected chi connectivity index (χ2v) is 4.79. The number of aromatic nitrogens is 2. The van der Waals surface area contributed by atoms with E-state index in [-0.39, 0.29) is 0 Å². The first-order valence-corrected chi connectivity index (χ1v) is 7.08. The summed E-state index contributed by atoms with van der Waals surface area (Å²) in [5, 5.41) is 11.2. The molecule has 2 aromatic carbocycles. The van der Waals surface area contributed by atoms with Crippen molar-refractivity contribution in [2.24, 2.45) is 0 Å². The lowest BCUT2D eigenvalue weighted by Crippen LogP contribution is -2.03. The van der Waals surface area contributed by atoms with Crippen LogP contribution in [0.1, 0.15) is 12.0 Å². The van der Waals surface area contributed by atoms with E-state index in [2.05, 4.69) is 39.8 Å². The number of hydrogen-bond acceptors (Lipinski definition) is 4. The van der Waals surface area contributed by atoms with Gasteiger partial charge in [0.25, 0.3) is 0 Å². The maximum absolute atomic E-state index is 5.59. The Labute approximate surface area is 123 Å². The molecule has 1 N–H and O–H groups in total. The lowest BCUT2D eigenvalue weighted by Gasteiger charge is -2.01. The highest BCUT2D eigenvalue weighted by atomic mass is 16.4. The molecule has 1 aromatic heterocycles. The molecular weight excluding hydrogens is 262 g/mol. The van der Waals surface area contributed by atoms with Crippen molar-refractivity contribution < 1.29 is 4.42 Å². The minimum Gasteiger partial charge on any atom is -0.403 e. The molecule has 4 heteroatoms. The second-order valence-electron chi connectivity index (χ2n) is 4.79. The van der Waals surface area contributed by atoms with Gasteiger partial charge in [-0.15, -0.1) is 5.10 Å². The second kappa shape index (κ2) is 6.70. The van der Waals surface area contributed by atoms with Gasteiger partial charge < -0.3 is 9.73 Å². The molecule has 3 rings (SSSR count). The molecule has 106 valence electrons. The van der Waals surface area contributed by atoms with Crippen molar-refractivity contribution in [1.82, 2.24) is 10.2 Å². The molecule has 0 amide bonds. The van der Waals surface area contributed by atoms with Crippen molar-refractivity contribution in [1.29, 1.82) is 0 Å². The molecule has 0 unspecified atom stereocenters. The fourth-order valence-corrected chi connectivity index (χ4v) is 2.12. The van der Waals surface area contributed by atoms with E-state index in [1.54, 1.807) is 0 Å². The molecule has 4 nitrogen and oxygen atoms in total. The zero-order chi connectivity index (χ0) is 14.3. The molecule has 0 radical (unpaired) electrons. The summed E-state index contributed by atoms with van der Waals surface area (Å²) in [6.45, 7) is 0.811. The van der Waals surface area contributed by atoms with E-state index in [0.29, 0.717) is 11.9 Å². The molecule has 0 aliphatic carbocycles. The van der Waals surface area contributed by atoms with Gasteiger partial charge in [-0.25, -0.2) is 0 Å². The van der Waals surface area contributed by atoms with Gasteiger partial charge in [0.1, 0.15) is 0 Å². The van der Waals surface area contributed by atoms with Gasteiger partial charge in [0, 0.05) is 12.1 Å². The summed E-state index contributed by atoms with van der Waals surface area (Å²) in [6, 6.07) is 20.7. The monoisotopic (exact) mass is 279 g/mol. The molecule has 0 saturated carbocycles. The Hall–Kier alpha value is -2.62. The third kappa shape index (κ3) is 3.69. The van der Waals surface area contributed by atoms with Crippen molar-refractivity contribution in [3.8, 4) is 11.5 Å². The summed E-state index contributed by atoms with van der Waals surface area (Å²) in [5.41, 5.74) is 2.28. The van der Waals surface area contributed by atoms with Crippen molar-refractivity contribution in [2.45, 2.75) is 12.8 Å². The van der Waals surface area contributed by atoms with Crippen LogP contribution in [0.4, 0.5) is 6.01 Å². The lowest BCUT2D eigenvalue weighted by atomic mass is 10.1. The van der Waals surface area contributed by atoms with Crippen LogP contribution in [0.5, 0.6) is 0 Å². The third-order valence-electron chi connectivity index (χ3n) is 3.21. The number of rotatable bonds is 6.